The van der Waals surface area contributed by atoms with E-state index < -0.39 is 6.29 Å². The first-order chi connectivity index (χ1) is 4.74. The van der Waals surface area contributed by atoms with Crippen molar-refractivity contribution in [1.82, 2.24) is 0 Å². The van der Waals surface area contributed by atoms with Gasteiger partial charge in [0.1, 0.15) is 6.10 Å². The van der Waals surface area contributed by atoms with Gasteiger partial charge in [0.15, 0.2) is 6.29 Å². The summed E-state index contributed by atoms with van der Waals surface area (Å²) in [6, 6.07) is 0. The first-order valence-electron chi connectivity index (χ1n) is 3.60. The maximum Gasteiger partial charge on any atom is 0.181 e. The summed E-state index contributed by atoms with van der Waals surface area (Å²) in [4.78, 5) is 0. The van der Waals surface area contributed by atoms with Gasteiger partial charge in [0, 0.05) is 7.11 Å². The fourth-order valence-electron chi connectivity index (χ4n) is 1.17. The van der Waals surface area contributed by atoms with Crippen LogP contribution >= 0.6 is 0 Å². The van der Waals surface area contributed by atoms with Gasteiger partial charge >= 0.3 is 0 Å². The molecule has 3 atom stereocenters. The topological polar surface area (TPSA) is 38.7 Å². The van der Waals surface area contributed by atoms with Gasteiger partial charge < -0.3 is 14.6 Å². The normalized spacial score (nSPS) is 41.7. The Bertz CT molecular complexity index is 105. The van der Waals surface area contributed by atoms with Crippen LogP contribution in [0.4, 0.5) is 0 Å². The molecular weight excluding hydrogens is 132 g/mol. The SMILES string of the molecule is CO[C@@H]1CCC(C)OC1O. The van der Waals surface area contributed by atoms with Crippen LogP contribution in [0.2, 0.25) is 0 Å². The molecule has 0 saturated carbocycles. The minimum absolute atomic E-state index is 0.129. The zero-order chi connectivity index (χ0) is 7.56. The minimum atomic E-state index is -0.728. The molecule has 1 N–H and O–H groups in total. The maximum absolute atomic E-state index is 9.19. The van der Waals surface area contributed by atoms with Crippen LogP contribution in [-0.4, -0.2) is 30.7 Å². The maximum atomic E-state index is 9.19. The van der Waals surface area contributed by atoms with E-state index in [2.05, 4.69) is 0 Å². The highest BCUT2D eigenvalue weighted by atomic mass is 16.6. The standard InChI is InChI=1S/C7H14O3/c1-5-3-4-6(9-2)7(8)10-5/h5-8H,3-4H2,1-2H3/t5?,6-,7?/m1/s1. The van der Waals surface area contributed by atoms with Crippen molar-refractivity contribution in [1.29, 1.82) is 0 Å². The Balaban J connectivity index is 2.36. The number of hydrogen-bond donors (Lipinski definition) is 1. The Morgan fingerprint density at radius 2 is 2.20 bits per heavy atom. The molecule has 0 bridgehead atoms. The molecule has 3 heteroatoms. The Labute approximate surface area is 60.9 Å². The Kier molecular flexibility index (Phi) is 2.65. The molecule has 0 aromatic carbocycles. The Morgan fingerprint density at radius 3 is 2.70 bits per heavy atom. The van der Waals surface area contributed by atoms with E-state index >= 15 is 0 Å². The molecule has 3 nitrogen and oxygen atoms in total. The summed E-state index contributed by atoms with van der Waals surface area (Å²) in [5, 5.41) is 9.19. The lowest BCUT2D eigenvalue weighted by Crippen LogP contribution is -2.38. The molecule has 60 valence electrons. The van der Waals surface area contributed by atoms with Crippen molar-refractivity contribution in [3.05, 3.63) is 0 Å². The molecule has 1 aliphatic rings. The van der Waals surface area contributed by atoms with Gasteiger partial charge in [-0.15, -0.1) is 0 Å². The molecule has 0 amide bonds. The number of methoxy groups -OCH3 is 1. The smallest absolute Gasteiger partial charge is 0.181 e. The summed E-state index contributed by atoms with van der Waals surface area (Å²) in [6.45, 7) is 1.95. The van der Waals surface area contributed by atoms with Crippen molar-refractivity contribution in [2.75, 3.05) is 7.11 Å². The quantitative estimate of drug-likeness (QED) is 0.586. The van der Waals surface area contributed by atoms with E-state index in [1.165, 1.54) is 0 Å². The Hall–Kier alpha value is -0.120. The summed E-state index contributed by atoms with van der Waals surface area (Å²) in [5.74, 6) is 0. The monoisotopic (exact) mass is 146 g/mol. The largest absolute Gasteiger partial charge is 0.376 e. The number of aliphatic hydroxyl groups is 1. The predicted octanol–water partition coefficient (Wildman–Crippen LogP) is 0.519. The average Bonchev–Trinajstić information content (AvgIpc) is 1.88. The van der Waals surface area contributed by atoms with Crippen LogP contribution in [0.15, 0.2) is 0 Å². The van der Waals surface area contributed by atoms with Crippen molar-refractivity contribution in [2.24, 2.45) is 0 Å². The van der Waals surface area contributed by atoms with Crippen molar-refractivity contribution in [3.8, 4) is 0 Å². The van der Waals surface area contributed by atoms with Gasteiger partial charge in [-0.1, -0.05) is 0 Å². The molecule has 1 aliphatic heterocycles. The van der Waals surface area contributed by atoms with Crippen molar-refractivity contribution in [2.45, 2.75) is 38.3 Å². The van der Waals surface area contributed by atoms with Crippen molar-refractivity contribution in [3.63, 3.8) is 0 Å². The van der Waals surface area contributed by atoms with Crippen molar-refractivity contribution < 1.29 is 14.6 Å². The fraction of sp³-hybridized carbons (Fsp3) is 1.00. The second-order valence-corrected chi connectivity index (χ2v) is 2.69. The van der Waals surface area contributed by atoms with Crippen LogP contribution in [0.1, 0.15) is 19.8 Å². The number of rotatable bonds is 1. The number of aliphatic hydroxyl groups excluding tert-OH is 1. The number of ether oxygens (including phenoxy) is 2. The first-order valence-corrected chi connectivity index (χ1v) is 3.60. The molecule has 1 heterocycles. The van der Waals surface area contributed by atoms with Gasteiger partial charge in [-0.25, -0.2) is 0 Å². The van der Waals surface area contributed by atoms with Crippen LogP contribution in [0.25, 0.3) is 0 Å². The van der Waals surface area contributed by atoms with E-state index in [0.717, 1.165) is 12.8 Å². The van der Waals surface area contributed by atoms with Gasteiger partial charge in [-0.05, 0) is 19.8 Å². The predicted molar refractivity (Wildman–Crippen MR) is 36.6 cm³/mol. The van der Waals surface area contributed by atoms with Crippen molar-refractivity contribution >= 4 is 0 Å². The van der Waals surface area contributed by atoms with E-state index in [4.69, 9.17) is 9.47 Å². The highest BCUT2D eigenvalue weighted by Gasteiger charge is 2.26. The third kappa shape index (κ3) is 1.68. The van der Waals surface area contributed by atoms with E-state index in [-0.39, 0.29) is 12.2 Å². The summed E-state index contributed by atoms with van der Waals surface area (Å²) in [5.41, 5.74) is 0. The zero-order valence-corrected chi connectivity index (χ0v) is 6.41. The third-order valence-corrected chi connectivity index (χ3v) is 1.85. The first kappa shape index (κ1) is 7.98. The van der Waals surface area contributed by atoms with Gasteiger partial charge in [0.2, 0.25) is 0 Å². The molecule has 0 aromatic heterocycles. The molecule has 0 radical (unpaired) electrons. The number of hydrogen-bond acceptors (Lipinski definition) is 3. The lowest BCUT2D eigenvalue weighted by atomic mass is 10.1. The minimum Gasteiger partial charge on any atom is -0.376 e. The second kappa shape index (κ2) is 3.32. The van der Waals surface area contributed by atoms with Gasteiger partial charge in [-0.2, -0.15) is 0 Å². The van der Waals surface area contributed by atoms with Crippen LogP contribution in [0.5, 0.6) is 0 Å². The summed E-state index contributed by atoms with van der Waals surface area (Å²) < 4.78 is 10.1. The molecular formula is C7H14O3. The fourth-order valence-corrected chi connectivity index (χ4v) is 1.17. The van der Waals surface area contributed by atoms with Gasteiger partial charge in [0.05, 0.1) is 6.10 Å². The van der Waals surface area contributed by atoms with E-state index in [9.17, 15) is 5.11 Å². The van der Waals surface area contributed by atoms with E-state index in [1.807, 2.05) is 6.92 Å². The van der Waals surface area contributed by atoms with Crippen LogP contribution < -0.4 is 0 Å². The van der Waals surface area contributed by atoms with Crippen LogP contribution in [0, 0.1) is 0 Å². The van der Waals surface area contributed by atoms with Gasteiger partial charge in [0.25, 0.3) is 0 Å². The van der Waals surface area contributed by atoms with Crippen LogP contribution in [0.3, 0.4) is 0 Å². The highest BCUT2D eigenvalue weighted by molar-refractivity contribution is 4.70. The van der Waals surface area contributed by atoms with Gasteiger partial charge in [-0.3, -0.25) is 0 Å². The molecule has 1 saturated heterocycles. The Morgan fingerprint density at radius 1 is 1.50 bits per heavy atom. The highest BCUT2D eigenvalue weighted by Crippen LogP contribution is 2.19. The summed E-state index contributed by atoms with van der Waals surface area (Å²) in [6.07, 6.45) is 1.17. The molecule has 1 rings (SSSR count). The summed E-state index contributed by atoms with van der Waals surface area (Å²) in [7, 11) is 1.59. The molecule has 10 heavy (non-hydrogen) atoms. The molecule has 0 aromatic rings. The van der Waals surface area contributed by atoms with Crippen LogP contribution in [-0.2, 0) is 9.47 Å². The third-order valence-electron chi connectivity index (χ3n) is 1.85. The van der Waals surface area contributed by atoms with E-state index in [0.29, 0.717) is 0 Å². The van der Waals surface area contributed by atoms with E-state index in [1.54, 1.807) is 7.11 Å². The molecule has 2 unspecified atom stereocenters. The lowest BCUT2D eigenvalue weighted by Gasteiger charge is -2.30. The molecule has 0 aliphatic carbocycles. The zero-order valence-electron chi connectivity index (χ0n) is 6.41. The lowest BCUT2D eigenvalue weighted by molar-refractivity contribution is -0.218. The molecule has 0 spiro atoms. The molecule has 1 fully saturated rings. The summed E-state index contributed by atoms with van der Waals surface area (Å²) >= 11 is 0. The second-order valence-electron chi connectivity index (χ2n) is 2.69. The average molecular weight is 146 g/mol.